The van der Waals surface area contributed by atoms with Crippen LogP contribution in [-0.2, 0) is 29.1 Å². The van der Waals surface area contributed by atoms with Crippen molar-refractivity contribution < 1.29 is 31.1 Å². The maximum atomic E-state index is 13.1. The number of nitrogens with one attached hydrogen (secondary N) is 1. The van der Waals surface area contributed by atoms with E-state index in [0.29, 0.717) is 30.9 Å². The first-order valence-corrected chi connectivity index (χ1v) is 12.5. The molecule has 2 aromatic rings. The Kier molecular flexibility index (Phi) is 6.41. The number of hydrogen-bond acceptors (Lipinski definition) is 2. The standard InChI is InChI=1S/C28H28F6N2O/c1-17-16-36(9-8-26(17)7-6-19-4-2-3-5-24(19)26)23-12-20(13-23)25(37)35-15-18-10-21(27(29,30)31)14-22(11-18)28(32,33)34/h2-7,10-11,14,17,20,23H,8-9,12-13,15-16H2,1H3,(H,35,37)/t17-,20?,23?,26?/m0/s1. The van der Waals surface area contributed by atoms with Crippen molar-refractivity contribution in [3.8, 4) is 0 Å². The van der Waals surface area contributed by atoms with Gasteiger partial charge in [-0.15, -0.1) is 0 Å². The number of amides is 1. The summed E-state index contributed by atoms with van der Waals surface area (Å²) in [5.74, 6) is -0.231. The van der Waals surface area contributed by atoms with Crippen LogP contribution in [0.15, 0.2) is 48.5 Å². The molecule has 0 aromatic heterocycles. The molecule has 5 rings (SSSR count). The van der Waals surface area contributed by atoms with Crippen LogP contribution in [0.4, 0.5) is 26.3 Å². The van der Waals surface area contributed by atoms with Crippen LogP contribution in [0.5, 0.6) is 0 Å². The van der Waals surface area contributed by atoms with E-state index in [4.69, 9.17) is 0 Å². The zero-order chi connectivity index (χ0) is 26.6. The van der Waals surface area contributed by atoms with E-state index >= 15 is 0 Å². The molecule has 1 amide bonds. The van der Waals surface area contributed by atoms with Gasteiger partial charge in [-0.05, 0) is 66.6 Å². The molecule has 1 heterocycles. The lowest BCUT2D eigenvalue weighted by Crippen LogP contribution is -2.56. The second kappa shape index (κ2) is 9.19. The van der Waals surface area contributed by atoms with E-state index in [2.05, 4.69) is 47.5 Å². The van der Waals surface area contributed by atoms with Crippen LogP contribution in [0, 0.1) is 11.8 Å². The molecule has 1 aliphatic heterocycles. The third-order valence-corrected chi connectivity index (χ3v) is 8.34. The molecule has 2 aromatic carbocycles. The first kappa shape index (κ1) is 25.8. The smallest absolute Gasteiger partial charge is 0.352 e. The molecule has 37 heavy (non-hydrogen) atoms. The summed E-state index contributed by atoms with van der Waals surface area (Å²) in [7, 11) is 0. The lowest BCUT2D eigenvalue weighted by atomic mass is 9.67. The zero-order valence-corrected chi connectivity index (χ0v) is 20.3. The predicted octanol–water partition coefficient (Wildman–Crippen LogP) is 6.43. The van der Waals surface area contributed by atoms with E-state index in [1.54, 1.807) is 0 Å². The fourth-order valence-electron chi connectivity index (χ4n) is 6.11. The Balaban J connectivity index is 1.16. The summed E-state index contributed by atoms with van der Waals surface area (Å²) in [5.41, 5.74) is -0.318. The van der Waals surface area contributed by atoms with Gasteiger partial charge in [0.2, 0.25) is 5.91 Å². The number of allylic oxidation sites excluding steroid dienone is 1. The van der Waals surface area contributed by atoms with Gasteiger partial charge in [-0.25, -0.2) is 0 Å². The van der Waals surface area contributed by atoms with Crippen LogP contribution >= 0.6 is 0 Å². The lowest BCUT2D eigenvalue weighted by molar-refractivity contribution is -0.143. The van der Waals surface area contributed by atoms with Gasteiger partial charge in [-0.2, -0.15) is 26.3 Å². The fraction of sp³-hybridized carbons (Fsp3) is 0.464. The molecule has 198 valence electrons. The average Bonchev–Trinajstić information content (AvgIpc) is 3.17. The fourth-order valence-corrected chi connectivity index (χ4v) is 6.11. The van der Waals surface area contributed by atoms with Gasteiger partial charge in [0, 0.05) is 30.5 Å². The number of piperidine rings is 1. The number of alkyl halides is 6. The van der Waals surface area contributed by atoms with E-state index in [9.17, 15) is 31.1 Å². The minimum absolute atomic E-state index is 0.0356. The quantitative estimate of drug-likeness (QED) is 0.470. The van der Waals surface area contributed by atoms with E-state index in [1.165, 1.54) is 11.1 Å². The number of fused-ring (bicyclic) bond motifs is 2. The molecule has 1 saturated heterocycles. The Morgan fingerprint density at radius 2 is 1.68 bits per heavy atom. The van der Waals surface area contributed by atoms with Crippen LogP contribution in [0.2, 0.25) is 0 Å². The first-order chi connectivity index (χ1) is 17.4. The summed E-state index contributed by atoms with van der Waals surface area (Å²) in [6.07, 6.45) is -3.04. The van der Waals surface area contributed by atoms with E-state index in [1.807, 2.05) is 6.07 Å². The van der Waals surface area contributed by atoms with Crippen LogP contribution in [0.3, 0.4) is 0 Å². The van der Waals surface area contributed by atoms with Crippen LogP contribution in [-0.4, -0.2) is 29.9 Å². The predicted molar refractivity (Wildman–Crippen MR) is 127 cm³/mol. The maximum absolute atomic E-state index is 13.1. The van der Waals surface area contributed by atoms with Gasteiger partial charge in [0.25, 0.3) is 0 Å². The lowest BCUT2D eigenvalue weighted by Gasteiger charge is -2.50. The molecular formula is C28H28F6N2O. The summed E-state index contributed by atoms with van der Waals surface area (Å²) in [4.78, 5) is 15.0. The largest absolute Gasteiger partial charge is 0.416 e. The molecular weight excluding hydrogens is 494 g/mol. The summed E-state index contributed by atoms with van der Waals surface area (Å²) in [6.45, 7) is 3.68. The van der Waals surface area contributed by atoms with E-state index in [-0.39, 0.29) is 41.5 Å². The molecule has 3 nitrogen and oxygen atoms in total. The van der Waals surface area contributed by atoms with Crippen molar-refractivity contribution in [2.45, 2.75) is 56.5 Å². The topological polar surface area (TPSA) is 32.3 Å². The maximum Gasteiger partial charge on any atom is 0.416 e. The molecule has 1 spiro atoms. The number of halogens is 6. The normalized spacial score (nSPS) is 27.7. The summed E-state index contributed by atoms with van der Waals surface area (Å²) < 4.78 is 78.5. The van der Waals surface area contributed by atoms with Crippen molar-refractivity contribution in [1.29, 1.82) is 0 Å². The highest BCUT2D eigenvalue weighted by Gasteiger charge is 2.47. The number of hydrogen-bond donors (Lipinski definition) is 1. The van der Waals surface area contributed by atoms with Crippen molar-refractivity contribution >= 4 is 12.0 Å². The second-order valence-corrected chi connectivity index (χ2v) is 10.6. The number of benzene rings is 2. The SMILES string of the molecule is C[C@H]1CN(C2CC(C(=O)NCc3cc(C(F)(F)F)cc(C(F)(F)F)c3)C2)CCC12C=Cc1ccccc12. The number of nitrogens with zero attached hydrogens (tertiary/aromatic N) is 1. The van der Waals surface area contributed by atoms with Crippen LogP contribution < -0.4 is 5.32 Å². The highest BCUT2D eigenvalue weighted by Crippen LogP contribution is 2.48. The molecule has 2 fully saturated rings. The van der Waals surface area contributed by atoms with Gasteiger partial charge in [0.15, 0.2) is 0 Å². The van der Waals surface area contributed by atoms with Crippen molar-refractivity contribution in [3.05, 3.63) is 76.4 Å². The molecule has 9 heteroatoms. The molecule has 1 saturated carbocycles. The monoisotopic (exact) mass is 522 g/mol. The number of carbonyl (C=O) groups is 1. The molecule has 0 bridgehead atoms. The minimum Gasteiger partial charge on any atom is -0.352 e. The molecule has 0 radical (unpaired) electrons. The van der Waals surface area contributed by atoms with E-state index < -0.39 is 23.5 Å². The van der Waals surface area contributed by atoms with Crippen molar-refractivity contribution in [2.24, 2.45) is 11.8 Å². The van der Waals surface area contributed by atoms with Crippen LogP contribution in [0.1, 0.15) is 54.0 Å². The third-order valence-electron chi connectivity index (χ3n) is 8.34. The third kappa shape index (κ3) is 4.90. The van der Waals surface area contributed by atoms with Crippen LogP contribution in [0.25, 0.3) is 6.08 Å². The van der Waals surface area contributed by atoms with Gasteiger partial charge in [0.05, 0.1) is 11.1 Å². The zero-order valence-electron chi connectivity index (χ0n) is 20.3. The van der Waals surface area contributed by atoms with Gasteiger partial charge in [-0.1, -0.05) is 43.3 Å². The minimum atomic E-state index is -4.91. The molecule has 2 aliphatic carbocycles. The molecule has 1 unspecified atom stereocenters. The molecule has 2 atom stereocenters. The summed E-state index contributed by atoms with van der Waals surface area (Å²) >= 11 is 0. The Hall–Kier alpha value is -2.81. The average molecular weight is 523 g/mol. The summed E-state index contributed by atoms with van der Waals surface area (Å²) in [6, 6.07) is 10.1. The highest BCUT2D eigenvalue weighted by molar-refractivity contribution is 5.79. The number of carbonyl (C=O) groups excluding carboxylic acids is 1. The van der Waals surface area contributed by atoms with Gasteiger partial charge >= 0.3 is 12.4 Å². The Labute approximate surface area is 211 Å². The Bertz CT molecular complexity index is 1180. The first-order valence-electron chi connectivity index (χ1n) is 12.5. The van der Waals surface area contributed by atoms with Gasteiger partial charge in [-0.3, -0.25) is 9.69 Å². The van der Waals surface area contributed by atoms with Gasteiger partial charge < -0.3 is 5.32 Å². The van der Waals surface area contributed by atoms with Gasteiger partial charge in [0.1, 0.15) is 0 Å². The van der Waals surface area contributed by atoms with Crippen molar-refractivity contribution in [2.75, 3.05) is 13.1 Å². The van der Waals surface area contributed by atoms with E-state index in [0.717, 1.165) is 19.5 Å². The molecule has 1 N–H and O–H groups in total. The van der Waals surface area contributed by atoms with Crippen molar-refractivity contribution in [1.82, 2.24) is 10.2 Å². The number of rotatable bonds is 4. The Morgan fingerprint density at radius 3 is 2.30 bits per heavy atom. The highest BCUT2D eigenvalue weighted by atomic mass is 19.4. The molecule has 3 aliphatic rings. The second-order valence-electron chi connectivity index (χ2n) is 10.6. The van der Waals surface area contributed by atoms with Crippen molar-refractivity contribution in [3.63, 3.8) is 0 Å². The summed E-state index contributed by atoms with van der Waals surface area (Å²) in [5, 5.41) is 2.54. The Morgan fingerprint density at radius 1 is 1.03 bits per heavy atom. The number of likely N-dealkylation sites (tertiary alicyclic amines) is 1.